The smallest absolute Gasteiger partial charge is 0.272 e. The Bertz CT molecular complexity index is 882. The Morgan fingerprint density at radius 3 is 2.74 bits per heavy atom. The molecule has 0 fully saturated rings. The van der Waals surface area contributed by atoms with Crippen molar-refractivity contribution in [3.63, 3.8) is 0 Å². The average molecular weight is 437 g/mol. The molecule has 2 aromatic heterocycles. The Hall–Kier alpha value is -1.67. The van der Waals surface area contributed by atoms with Crippen LogP contribution in [0.15, 0.2) is 35.8 Å². The van der Waals surface area contributed by atoms with Crippen molar-refractivity contribution in [2.24, 2.45) is 7.05 Å². The molecule has 2 heterocycles. The van der Waals surface area contributed by atoms with Gasteiger partial charge in [0, 0.05) is 33.4 Å². The number of benzene rings is 1. The molecule has 1 amide bonds. The minimum atomic E-state index is -0.120. The molecule has 3 rings (SSSR count). The zero-order valence-electron chi connectivity index (χ0n) is 13.1. The number of thiazole rings is 1. The molecule has 0 aliphatic carbocycles. The van der Waals surface area contributed by atoms with Crippen molar-refractivity contribution in [1.29, 1.82) is 0 Å². The van der Waals surface area contributed by atoms with Crippen LogP contribution in [-0.4, -0.2) is 15.5 Å². The van der Waals surface area contributed by atoms with E-state index in [0.29, 0.717) is 5.69 Å². The number of rotatable bonds is 3. The second-order valence-corrected chi connectivity index (χ2v) is 7.62. The molecule has 1 N–H and O–H groups in total. The summed E-state index contributed by atoms with van der Waals surface area (Å²) in [7, 11) is 1.87. The van der Waals surface area contributed by atoms with Crippen molar-refractivity contribution >= 4 is 45.5 Å². The van der Waals surface area contributed by atoms with Gasteiger partial charge in [-0.25, -0.2) is 4.98 Å². The van der Waals surface area contributed by atoms with E-state index in [4.69, 9.17) is 0 Å². The minimum absolute atomic E-state index is 0.120. The molecule has 0 saturated carbocycles. The van der Waals surface area contributed by atoms with Gasteiger partial charge >= 0.3 is 0 Å². The summed E-state index contributed by atoms with van der Waals surface area (Å²) in [5, 5.41) is 5.98. The molecule has 0 atom stereocenters. The maximum Gasteiger partial charge on any atom is 0.272 e. The largest absolute Gasteiger partial charge is 0.346 e. The van der Waals surface area contributed by atoms with Gasteiger partial charge in [0.05, 0.1) is 10.7 Å². The lowest BCUT2D eigenvalue weighted by Crippen LogP contribution is -2.15. The Balaban J connectivity index is 1.85. The molecular weight excluding hydrogens is 421 g/mol. The second-order valence-electron chi connectivity index (χ2n) is 5.39. The van der Waals surface area contributed by atoms with Crippen LogP contribution in [0.4, 0.5) is 5.69 Å². The Kier molecular flexibility index (Phi) is 4.54. The lowest BCUT2D eigenvalue weighted by molar-refractivity contribution is 0.101. The highest BCUT2D eigenvalue weighted by Crippen LogP contribution is 2.24. The van der Waals surface area contributed by atoms with E-state index >= 15 is 0 Å². The summed E-state index contributed by atoms with van der Waals surface area (Å²) in [6, 6.07) is 7.78. The van der Waals surface area contributed by atoms with Crippen LogP contribution >= 0.6 is 33.9 Å². The number of nitrogens with zero attached hydrogens (tertiary/aromatic N) is 2. The quantitative estimate of drug-likeness (QED) is 0.608. The fourth-order valence-corrected chi connectivity index (χ4v) is 3.43. The molecule has 0 saturated heterocycles. The maximum atomic E-state index is 12.5. The standard InChI is InChI=1S/C17H16IN3OS/c1-10-4-5-13(7-14(10)18)20-17(22)16-6-12(8-21(16)3)15-9-23-11(2)19-15/h4-9H,1-3H3,(H,20,22). The predicted molar refractivity (Wildman–Crippen MR) is 103 cm³/mol. The molecule has 118 valence electrons. The zero-order chi connectivity index (χ0) is 16.6. The molecule has 4 nitrogen and oxygen atoms in total. The number of carbonyl (C=O) groups is 1. The van der Waals surface area contributed by atoms with E-state index in [1.807, 2.05) is 61.3 Å². The van der Waals surface area contributed by atoms with Gasteiger partial charge in [0.15, 0.2) is 0 Å². The Morgan fingerprint density at radius 1 is 1.30 bits per heavy atom. The zero-order valence-corrected chi connectivity index (χ0v) is 16.0. The van der Waals surface area contributed by atoms with E-state index in [-0.39, 0.29) is 5.91 Å². The summed E-state index contributed by atoms with van der Waals surface area (Å²) in [5.41, 5.74) is 4.48. The number of aryl methyl sites for hydroxylation is 3. The number of hydrogen-bond acceptors (Lipinski definition) is 3. The molecule has 0 aliphatic heterocycles. The van der Waals surface area contributed by atoms with Gasteiger partial charge in [-0.05, 0) is 60.2 Å². The lowest BCUT2D eigenvalue weighted by atomic mass is 10.2. The van der Waals surface area contributed by atoms with E-state index in [1.165, 1.54) is 5.56 Å². The first kappa shape index (κ1) is 16.2. The van der Waals surface area contributed by atoms with Crippen molar-refractivity contribution in [3.8, 4) is 11.3 Å². The van der Waals surface area contributed by atoms with E-state index < -0.39 is 0 Å². The summed E-state index contributed by atoms with van der Waals surface area (Å²) in [6.07, 6.45) is 1.93. The Labute approximate surface area is 152 Å². The average Bonchev–Trinajstić information content (AvgIpc) is 3.09. The summed E-state index contributed by atoms with van der Waals surface area (Å²) >= 11 is 3.88. The first-order chi connectivity index (χ1) is 10.9. The summed E-state index contributed by atoms with van der Waals surface area (Å²) < 4.78 is 2.96. The minimum Gasteiger partial charge on any atom is -0.346 e. The highest BCUT2D eigenvalue weighted by Gasteiger charge is 2.14. The first-order valence-corrected chi connectivity index (χ1v) is 9.06. The third-order valence-corrected chi connectivity index (χ3v) is 5.52. The van der Waals surface area contributed by atoms with Crippen LogP contribution in [0, 0.1) is 17.4 Å². The number of hydrogen-bond donors (Lipinski definition) is 1. The van der Waals surface area contributed by atoms with Gasteiger partial charge in [0.2, 0.25) is 0 Å². The number of amides is 1. The second kappa shape index (κ2) is 6.45. The van der Waals surface area contributed by atoms with Crippen LogP contribution < -0.4 is 5.32 Å². The number of nitrogens with one attached hydrogen (secondary N) is 1. The van der Waals surface area contributed by atoms with Gasteiger partial charge < -0.3 is 9.88 Å². The lowest BCUT2D eigenvalue weighted by Gasteiger charge is -2.07. The fraction of sp³-hybridized carbons (Fsp3) is 0.176. The van der Waals surface area contributed by atoms with Crippen LogP contribution in [0.3, 0.4) is 0 Å². The number of halogens is 1. The molecule has 0 bridgehead atoms. The third-order valence-electron chi connectivity index (χ3n) is 3.58. The van der Waals surface area contributed by atoms with Crippen LogP contribution in [-0.2, 0) is 7.05 Å². The molecule has 3 aromatic rings. The van der Waals surface area contributed by atoms with Gasteiger partial charge in [-0.1, -0.05) is 6.07 Å². The SMILES string of the molecule is Cc1nc(-c2cc(C(=O)Nc3ccc(C)c(I)c3)n(C)c2)cs1. The normalized spacial score (nSPS) is 10.8. The summed E-state index contributed by atoms with van der Waals surface area (Å²) in [6.45, 7) is 4.02. The van der Waals surface area contributed by atoms with Crippen molar-refractivity contribution in [3.05, 3.63) is 55.7 Å². The summed E-state index contributed by atoms with van der Waals surface area (Å²) in [5.74, 6) is -0.120. The fourth-order valence-electron chi connectivity index (χ4n) is 2.29. The Morgan fingerprint density at radius 2 is 2.09 bits per heavy atom. The highest BCUT2D eigenvalue weighted by molar-refractivity contribution is 14.1. The van der Waals surface area contributed by atoms with E-state index in [9.17, 15) is 4.79 Å². The van der Waals surface area contributed by atoms with Crippen LogP contribution in [0.25, 0.3) is 11.3 Å². The third kappa shape index (κ3) is 3.48. The molecule has 0 unspecified atom stereocenters. The van der Waals surface area contributed by atoms with Crippen LogP contribution in [0.2, 0.25) is 0 Å². The molecular formula is C17H16IN3OS. The number of carbonyl (C=O) groups excluding carboxylic acids is 1. The van der Waals surface area contributed by atoms with Crippen LogP contribution in [0.5, 0.6) is 0 Å². The van der Waals surface area contributed by atoms with Crippen molar-refractivity contribution < 1.29 is 4.79 Å². The monoisotopic (exact) mass is 437 g/mol. The van der Waals surface area contributed by atoms with Gasteiger partial charge in [0.25, 0.3) is 5.91 Å². The predicted octanol–water partition coefficient (Wildman–Crippen LogP) is 4.62. The first-order valence-electron chi connectivity index (χ1n) is 7.10. The topological polar surface area (TPSA) is 46.9 Å². The van der Waals surface area contributed by atoms with E-state index in [2.05, 4.69) is 32.9 Å². The molecule has 1 aromatic carbocycles. The van der Waals surface area contributed by atoms with E-state index in [1.54, 1.807) is 11.3 Å². The number of aromatic nitrogens is 2. The van der Waals surface area contributed by atoms with Gasteiger partial charge in [0.1, 0.15) is 5.69 Å². The molecule has 0 radical (unpaired) electrons. The highest BCUT2D eigenvalue weighted by atomic mass is 127. The van der Waals surface area contributed by atoms with Gasteiger partial charge in [-0.15, -0.1) is 11.3 Å². The summed E-state index contributed by atoms with van der Waals surface area (Å²) in [4.78, 5) is 17.0. The molecule has 0 aliphatic rings. The molecule has 0 spiro atoms. The molecule has 23 heavy (non-hydrogen) atoms. The molecule has 6 heteroatoms. The van der Waals surface area contributed by atoms with Crippen molar-refractivity contribution in [1.82, 2.24) is 9.55 Å². The maximum absolute atomic E-state index is 12.5. The van der Waals surface area contributed by atoms with Crippen molar-refractivity contribution in [2.75, 3.05) is 5.32 Å². The van der Waals surface area contributed by atoms with Gasteiger partial charge in [-0.3, -0.25) is 4.79 Å². The van der Waals surface area contributed by atoms with Crippen LogP contribution in [0.1, 0.15) is 21.1 Å². The van der Waals surface area contributed by atoms with Gasteiger partial charge in [-0.2, -0.15) is 0 Å². The van der Waals surface area contributed by atoms with E-state index in [0.717, 1.165) is 25.5 Å². The number of anilines is 1. The van der Waals surface area contributed by atoms with Crippen molar-refractivity contribution in [2.45, 2.75) is 13.8 Å².